The van der Waals surface area contributed by atoms with Gasteiger partial charge in [-0.25, -0.2) is 4.79 Å². The van der Waals surface area contributed by atoms with Gasteiger partial charge < -0.3 is 4.74 Å². The molecule has 0 saturated heterocycles. The van der Waals surface area contributed by atoms with Crippen molar-refractivity contribution < 1.29 is 9.53 Å². The standard InChI is InChI=1S/C13H16O2/c1-3-4-5-6-7-8-9-10-11-12-13(14)15-2/h3-12H,1-2H3. The van der Waals surface area contributed by atoms with Gasteiger partial charge in [-0.1, -0.05) is 54.7 Å². The van der Waals surface area contributed by atoms with Gasteiger partial charge in [0, 0.05) is 6.08 Å². The van der Waals surface area contributed by atoms with Crippen molar-refractivity contribution >= 4 is 5.97 Å². The Bertz CT molecular complexity index is 304. The van der Waals surface area contributed by atoms with Gasteiger partial charge in [0.15, 0.2) is 0 Å². The van der Waals surface area contributed by atoms with Gasteiger partial charge in [-0.3, -0.25) is 0 Å². The van der Waals surface area contributed by atoms with Crippen LogP contribution in [0.5, 0.6) is 0 Å². The minimum Gasteiger partial charge on any atom is -0.466 e. The zero-order chi connectivity index (χ0) is 11.4. The van der Waals surface area contributed by atoms with Crippen molar-refractivity contribution in [3.05, 3.63) is 60.8 Å². The third-order valence-corrected chi connectivity index (χ3v) is 1.40. The Morgan fingerprint density at radius 1 is 0.867 bits per heavy atom. The molecule has 80 valence electrons. The number of carbonyl (C=O) groups excluding carboxylic acids is 1. The van der Waals surface area contributed by atoms with Crippen LogP contribution in [0.1, 0.15) is 6.92 Å². The molecule has 0 unspecified atom stereocenters. The van der Waals surface area contributed by atoms with E-state index >= 15 is 0 Å². The minimum absolute atomic E-state index is 0.350. The Kier molecular flexibility index (Phi) is 9.00. The Morgan fingerprint density at radius 3 is 1.80 bits per heavy atom. The molecule has 0 atom stereocenters. The summed E-state index contributed by atoms with van der Waals surface area (Å²) < 4.78 is 4.43. The first-order chi connectivity index (χ1) is 7.31. The molecule has 0 aliphatic carbocycles. The highest BCUT2D eigenvalue weighted by Gasteiger charge is 1.85. The summed E-state index contributed by atoms with van der Waals surface area (Å²) in [5, 5.41) is 0. The third-order valence-electron chi connectivity index (χ3n) is 1.40. The molecule has 0 aliphatic rings. The Labute approximate surface area is 90.9 Å². The number of esters is 1. The highest BCUT2D eigenvalue weighted by Crippen LogP contribution is 1.84. The van der Waals surface area contributed by atoms with Gasteiger partial charge in [0.25, 0.3) is 0 Å². The average Bonchev–Trinajstić information content (AvgIpc) is 2.26. The highest BCUT2D eigenvalue weighted by molar-refractivity contribution is 5.82. The van der Waals surface area contributed by atoms with Crippen LogP contribution in [0, 0.1) is 0 Å². The molecule has 2 heteroatoms. The molecule has 0 aromatic heterocycles. The van der Waals surface area contributed by atoms with Gasteiger partial charge >= 0.3 is 5.97 Å². The summed E-state index contributed by atoms with van der Waals surface area (Å²) in [7, 11) is 1.35. The van der Waals surface area contributed by atoms with Crippen LogP contribution in [0.4, 0.5) is 0 Å². The quantitative estimate of drug-likeness (QED) is 0.391. The van der Waals surface area contributed by atoms with Crippen LogP contribution in [0.2, 0.25) is 0 Å². The molecular weight excluding hydrogens is 188 g/mol. The Morgan fingerprint density at radius 2 is 1.33 bits per heavy atom. The van der Waals surface area contributed by atoms with Crippen LogP contribution in [0.3, 0.4) is 0 Å². The van der Waals surface area contributed by atoms with Gasteiger partial charge in [0.05, 0.1) is 7.11 Å². The summed E-state index contributed by atoms with van der Waals surface area (Å²) in [5.74, 6) is -0.350. The van der Waals surface area contributed by atoms with E-state index in [9.17, 15) is 4.79 Å². The number of hydrogen-bond acceptors (Lipinski definition) is 2. The topological polar surface area (TPSA) is 26.3 Å². The van der Waals surface area contributed by atoms with Gasteiger partial charge in [-0.05, 0) is 6.92 Å². The van der Waals surface area contributed by atoms with E-state index in [1.807, 2.05) is 49.5 Å². The van der Waals surface area contributed by atoms with Gasteiger partial charge in [0.2, 0.25) is 0 Å². The number of carbonyl (C=O) groups is 1. The molecule has 2 nitrogen and oxygen atoms in total. The van der Waals surface area contributed by atoms with E-state index in [2.05, 4.69) is 4.74 Å². The highest BCUT2D eigenvalue weighted by atomic mass is 16.5. The number of ether oxygens (including phenoxy) is 1. The summed E-state index contributed by atoms with van der Waals surface area (Å²) in [4.78, 5) is 10.6. The number of rotatable bonds is 5. The lowest BCUT2D eigenvalue weighted by molar-refractivity contribution is -0.134. The minimum atomic E-state index is -0.350. The molecule has 0 N–H and O–H groups in total. The van der Waals surface area contributed by atoms with E-state index in [1.54, 1.807) is 12.2 Å². The van der Waals surface area contributed by atoms with Crippen molar-refractivity contribution in [2.75, 3.05) is 7.11 Å². The zero-order valence-corrected chi connectivity index (χ0v) is 9.09. The van der Waals surface area contributed by atoms with Crippen molar-refractivity contribution in [2.45, 2.75) is 6.92 Å². The maximum atomic E-state index is 10.6. The second kappa shape index (κ2) is 10.3. The first-order valence-electron chi connectivity index (χ1n) is 4.68. The van der Waals surface area contributed by atoms with E-state index < -0.39 is 0 Å². The molecular formula is C13H16O2. The maximum Gasteiger partial charge on any atom is 0.330 e. The normalized spacial score (nSPS) is 12.9. The lowest BCUT2D eigenvalue weighted by Crippen LogP contribution is -1.92. The molecule has 0 radical (unpaired) electrons. The molecule has 0 heterocycles. The molecule has 0 fully saturated rings. The number of hydrogen-bond donors (Lipinski definition) is 0. The number of allylic oxidation sites excluding steroid dienone is 9. The summed E-state index contributed by atoms with van der Waals surface area (Å²) in [5.41, 5.74) is 0. The second-order valence-electron chi connectivity index (χ2n) is 2.56. The molecule has 0 aromatic rings. The lowest BCUT2D eigenvalue weighted by atomic mass is 10.3. The van der Waals surface area contributed by atoms with Crippen molar-refractivity contribution in [1.29, 1.82) is 0 Å². The fourth-order valence-electron chi connectivity index (χ4n) is 0.698. The van der Waals surface area contributed by atoms with Crippen LogP contribution in [-0.2, 0) is 9.53 Å². The smallest absolute Gasteiger partial charge is 0.330 e. The molecule has 0 amide bonds. The molecule has 15 heavy (non-hydrogen) atoms. The van der Waals surface area contributed by atoms with E-state index in [4.69, 9.17) is 0 Å². The molecule has 0 bridgehead atoms. The fourth-order valence-corrected chi connectivity index (χ4v) is 0.698. The Balaban J connectivity index is 3.80. The molecule has 0 spiro atoms. The van der Waals surface area contributed by atoms with E-state index in [0.29, 0.717) is 0 Å². The average molecular weight is 204 g/mol. The second-order valence-corrected chi connectivity index (χ2v) is 2.56. The SMILES string of the molecule is CC=CC=CC=CC=CC=CC(=O)OC. The predicted octanol–water partition coefficient (Wildman–Crippen LogP) is 2.96. The third kappa shape index (κ3) is 10.1. The monoisotopic (exact) mass is 204 g/mol. The first kappa shape index (κ1) is 13.2. The summed E-state index contributed by atoms with van der Waals surface area (Å²) >= 11 is 0. The summed E-state index contributed by atoms with van der Waals surface area (Å²) in [6.07, 6.45) is 18.1. The van der Waals surface area contributed by atoms with Crippen molar-refractivity contribution in [3.63, 3.8) is 0 Å². The first-order valence-corrected chi connectivity index (χ1v) is 4.68. The molecule has 0 aromatic carbocycles. The van der Waals surface area contributed by atoms with Crippen LogP contribution in [0.15, 0.2) is 60.8 Å². The molecule has 0 saturated carbocycles. The number of methoxy groups -OCH3 is 1. The predicted molar refractivity (Wildman–Crippen MR) is 63.4 cm³/mol. The maximum absolute atomic E-state index is 10.6. The van der Waals surface area contributed by atoms with E-state index in [1.165, 1.54) is 13.2 Å². The van der Waals surface area contributed by atoms with Crippen molar-refractivity contribution in [3.8, 4) is 0 Å². The van der Waals surface area contributed by atoms with Gasteiger partial charge in [-0.2, -0.15) is 0 Å². The van der Waals surface area contributed by atoms with E-state index in [0.717, 1.165) is 0 Å². The summed E-state index contributed by atoms with van der Waals surface area (Å²) in [6.45, 7) is 1.96. The lowest BCUT2D eigenvalue weighted by Gasteiger charge is -1.85. The van der Waals surface area contributed by atoms with Crippen molar-refractivity contribution in [2.24, 2.45) is 0 Å². The largest absolute Gasteiger partial charge is 0.466 e. The molecule has 0 aliphatic heterocycles. The fraction of sp³-hybridized carbons (Fsp3) is 0.154. The van der Waals surface area contributed by atoms with Crippen LogP contribution in [-0.4, -0.2) is 13.1 Å². The van der Waals surface area contributed by atoms with Crippen LogP contribution >= 0.6 is 0 Å². The van der Waals surface area contributed by atoms with Crippen LogP contribution < -0.4 is 0 Å². The van der Waals surface area contributed by atoms with Crippen molar-refractivity contribution in [1.82, 2.24) is 0 Å². The zero-order valence-electron chi connectivity index (χ0n) is 9.09. The van der Waals surface area contributed by atoms with Gasteiger partial charge in [-0.15, -0.1) is 0 Å². The molecule has 0 rings (SSSR count). The Hall–Kier alpha value is -1.83. The van der Waals surface area contributed by atoms with E-state index in [-0.39, 0.29) is 5.97 Å². The summed E-state index contributed by atoms with van der Waals surface area (Å²) in [6, 6.07) is 0. The van der Waals surface area contributed by atoms with Crippen LogP contribution in [0.25, 0.3) is 0 Å². The van der Waals surface area contributed by atoms with Gasteiger partial charge in [0.1, 0.15) is 0 Å².